The van der Waals surface area contributed by atoms with E-state index in [0.717, 1.165) is 30.2 Å². The Labute approximate surface area is 255 Å². The molecule has 0 bridgehead atoms. The fraction of sp³-hybridized carbons (Fsp3) is 0.353. The zero-order valence-electron chi connectivity index (χ0n) is 23.8. The van der Waals surface area contributed by atoms with Crippen LogP contribution >= 0.6 is 23.5 Å². The van der Waals surface area contributed by atoms with Crippen molar-refractivity contribution < 1.29 is 4.74 Å². The topological polar surface area (TPSA) is 70.2 Å². The maximum absolute atomic E-state index is 11.9. The maximum Gasteiger partial charge on any atom is 0.249 e. The van der Waals surface area contributed by atoms with E-state index in [1.165, 1.54) is 62.8 Å². The second kappa shape index (κ2) is 12.2. The van der Waals surface area contributed by atoms with E-state index >= 15 is 0 Å². The highest BCUT2D eigenvalue weighted by atomic mass is 32.2. The van der Waals surface area contributed by atoms with Gasteiger partial charge in [0.05, 0.1) is 18.3 Å². The van der Waals surface area contributed by atoms with Crippen LogP contribution < -0.4 is 15.8 Å². The number of hydrogen-bond donors (Lipinski definition) is 2. The molecular formula is C34H36N4O2S2. The summed E-state index contributed by atoms with van der Waals surface area (Å²) in [6.07, 6.45) is 10.1. The molecule has 0 radical (unpaired) electrons. The first-order valence-corrected chi connectivity index (χ1v) is 16.6. The molecule has 1 aliphatic carbocycles. The zero-order chi connectivity index (χ0) is 28.5. The number of benzene rings is 2. The van der Waals surface area contributed by atoms with E-state index in [9.17, 15) is 4.79 Å². The quantitative estimate of drug-likeness (QED) is 0.206. The van der Waals surface area contributed by atoms with E-state index in [4.69, 9.17) is 9.72 Å². The summed E-state index contributed by atoms with van der Waals surface area (Å²) in [5.74, 6) is 0.597. The second-order valence-electron chi connectivity index (χ2n) is 11.5. The molecule has 2 aliphatic heterocycles. The number of rotatable bonds is 6. The van der Waals surface area contributed by atoms with Gasteiger partial charge in [-0.3, -0.25) is 9.78 Å². The number of anilines is 2. The molecule has 0 spiro atoms. The molecule has 42 heavy (non-hydrogen) atoms. The van der Waals surface area contributed by atoms with Gasteiger partial charge in [-0.05, 0) is 73.2 Å². The van der Waals surface area contributed by atoms with Gasteiger partial charge < -0.3 is 19.9 Å². The van der Waals surface area contributed by atoms with Crippen LogP contribution in [0.5, 0.6) is 0 Å². The van der Waals surface area contributed by atoms with Crippen molar-refractivity contribution in [3.8, 4) is 0 Å². The van der Waals surface area contributed by atoms with Gasteiger partial charge in [-0.15, -0.1) is 0 Å². The standard InChI is InChI=1S/C34H36N4O2S2/c1-22-10-12-27(36-20-22)33(23-6-3-2-4-7-23)37-24-11-13-29-31(18-24)41-30-9-5-8-26(34(30)42-29)28-21-38(16-17-40-28)25-14-15-35-32(39)19-25/h5,8-15,18-20,23,28,33,37H,2-4,6-7,16-17,21H2,1H3,(H,35,39). The van der Waals surface area contributed by atoms with E-state index in [1.807, 2.05) is 35.8 Å². The number of hydrogen-bond acceptors (Lipinski definition) is 7. The summed E-state index contributed by atoms with van der Waals surface area (Å²) < 4.78 is 6.30. The molecule has 2 atom stereocenters. The maximum atomic E-state index is 11.9. The van der Waals surface area contributed by atoms with Gasteiger partial charge in [-0.2, -0.15) is 0 Å². The van der Waals surface area contributed by atoms with Gasteiger partial charge in [-0.1, -0.05) is 61.0 Å². The third-order valence-electron chi connectivity index (χ3n) is 8.62. The van der Waals surface area contributed by atoms with Crippen LogP contribution in [0.4, 0.5) is 11.4 Å². The predicted octanol–water partition coefficient (Wildman–Crippen LogP) is 8.01. The Bertz CT molecular complexity index is 1620. The summed E-state index contributed by atoms with van der Waals surface area (Å²) in [7, 11) is 0. The third kappa shape index (κ3) is 5.85. The highest BCUT2D eigenvalue weighted by molar-refractivity contribution is 8.05. The minimum atomic E-state index is -0.0785. The van der Waals surface area contributed by atoms with Gasteiger partial charge in [0.15, 0.2) is 0 Å². The zero-order valence-corrected chi connectivity index (χ0v) is 25.5. The summed E-state index contributed by atoms with van der Waals surface area (Å²) >= 11 is 3.68. The van der Waals surface area contributed by atoms with Crippen LogP contribution in [-0.4, -0.2) is 29.7 Å². The molecule has 2 fully saturated rings. The summed E-state index contributed by atoms with van der Waals surface area (Å²) in [6, 6.07) is 21.6. The summed E-state index contributed by atoms with van der Waals surface area (Å²) in [4.78, 5) is 26.8. The van der Waals surface area contributed by atoms with E-state index in [1.54, 1.807) is 12.3 Å². The molecule has 3 aliphatic rings. The summed E-state index contributed by atoms with van der Waals surface area (Å²) in [5.41, 5.74) is 5.58. The van der Waals surface area contributed by atoms with Crippen LogP contribution in [0.25, 0.3) is 0 Å². The van der Waals surface area contributed by atoms with Crippen molar-refractivity contribution in [1.29, 1.82) is 0 Å². The van der Waals surface area contributed by atoms with Gasteiger partial charge in [-0.25, -0.2) is 0 Å². The van der Waals surface area contributed by atoms with E-state index < -0.39 is 0 Å². The SMILES string of the molecule is Cc1ccc(C(Nc2ccc3c(c2)Sc2cccc(C4CN(c5cc[nH]c(=O)c5)CCO4)c2S3)C2CCCCC2)nc1. The van der Waals surface area contributed by atoms with Crippen LogP contribution in [-0.2, 0) is 4.74 Å². The van der Waals surface area contributed by atoms with Gasteiger partial charge in [0.25, 0.3) is 0 Å². The molecule has 2 aromatic carbocycles. The number of ether oxygens (including phenoxy) is 1. The lowest BCUT2D eigenvalue weighted by molar-refractivity contribution is 0.0379. The van der Waals surface area contributed by atoms with Crippen molar-refractivity contribution in [3.63, 3.8) is 0 Å². The second-order valence-corrected chi connectivity index (χ2v) is 13.7. The van der Waals surface area contributed by atoms with E-state index in [-0.39, 0.29) is 17.7 Å². The lowest BCUT2D eigenvalue weighted by Crippen LogP contribution is -2.39. The van der Waals surface area contributed by atoms with Gasteiger partial charge in [0.1, 0.15) is 6.10 Å². The largest absolute Gasteiger partial charge is 0.376 e. The minimum Gasteiger partial charge on any atom is -0.376 e. The Morgan fingerprint density at radius 2 is 1.90 bits per heavy atom. The molecule has 8 heteroatoms. The Morgan fingerprint density at radius 1 is 1.00 bits per heavy atom. The molecule has 0 amide bonds. The Balaban J connectivity index is 1.12. The van der Waals surface area contributed by atoms with Crippen LogP contribution in [0.3, 0.4) is 0 Å². The number of aromatic amines is 1. The monoisotopic (exact) mass is 596 g/mol. The van der Waals surface area contributed by atoms with Gasteiger partial charge in [0.2, 0.25) is 5.56 Å². The van der Waals surface area contributed by atoms with Gasteiger partial charge in [0, 0.05) is 62.5 Å². The molecule has 1 saturated carbocycles. The summed E-state index contributed by atoms with van der Waals surface area (Å²) in [6.45, 7) is 4.22. The Hall–Kier alpha value is -3.20. The van der Waals surface area contributed by atoms with Crippen molar-refractivity contribution in [2.45, 2.75) is 70.8 Å². The highest BCUT2D eigenvalue weighted by Gasteiger charge is 2.30. The lowest BCUT2D eigenvalue weighted by Gasteiger charge is -2.36. The van der Waals surface area contributed by atoms with Crippen LogP contribution in [0.1, 0.15) is 61.1 Å². The van der Waals surface area contributed by atoms with Crippen LogP contribution in [0.15, 0.2) is 97.4 Å². The average Bonchev–Trinajstić information content (AvgIpc) is 3.03. The molecule has 2 unspecified atom stereocenters. The predicted molar refractivity (Wildman–Crippen MR) is 171 cm³/mol. The third-order valence-corrected chi connectivity index (χ3v) is 11.2. The lowest BCUT2D eigenvalue weighted by atomic mass is 9.82. The summed E-state index contributed by atoms with van der Waals surface area (Å²) in [5, 5.41) is 3.91. The minimum absolute atomic E-state index is 0.0539. The van der Waals surface area contributed by atoms with Crippen molar-refractivity contribution in [3.05, 3.63) is 100 Å². The first-order chi connectivity index (χ1) is 20.6. The van der Waals surface area contributed by atoms with Crippen LogP contribution in [0.2, 0.25) is 0 Å². The molecule has 4 aromatic rings. The first kappa shape index (κ1) is 27.6. The fourth-order valence-corrected chi connectivity index (χ4v) is 8.86. The Morgan fingerprint density at radius 3 is 2.74 bits per heavy atom. The van der Waals surface area contributed by atoms with Gasteiger partial charge >= 0.3 is 0 Å². The number of nitrogens with zero attached hydrogens (tertiary/aromatic N) is 2. The number of pyridine rings is 2. The molecule has 6 nitrogen and oxygen atoms in total. The Kier molecular flexibility index (Phi) is 8.02. The molecule has 2 N–H and O–H groups in total. The van der Waals surface area contributed by atoms with E-state index in [0.29, 0.717) is 12.5 Å². The van der Waals surface area contributed by atoms with Crippen LogP contribution in [0, 0.1) is 12.8 Å². The average molecular weight is 597 g/mol. The number of fused-ring (bicyclic) bond motifs is 2. The fourth-order valence-electron chi connectivity index (χ4n) is 6.41. The highest BCUT2D eigenvalue weighted by Crippen LogP contribution is 2.52. The molecular weight excluding hydrogens is 561 g/mol. The van der Waals surface area contributed by atoms with Crippen molar-refractivity contribution in [2.75, 3.05) is 29.9 Å². The number of nitrogens with one attached hydrogen (secondary N) is 2. The normalized spacial score (nSPS) is 19.5. The molecule has 4 heterocycles. The number of morpholine rings is 1. The number of H-pyrrole nitrogens is 1. The molecule has 216 valence electrons. The van der Waals surface area contributed by atoms with E-state index in [2.05, 4.69) is 70.7 Å². The van der Waals surface area contributed by atoms with Crippen molar-refractivity contribution >= 4 is 34.9 Å². The molecule has 1 saturated heterocycles. The smallest absolute Gasteiger partial charge is 0.249 e. The van der Waals surface area contributed by atoms with Crippen molar-refractivity contribution in [2.24, 2.45) is 5.92 Å². The first-order valence-electron chi connectivity index (χ1n) is 15.0. The number of aryl methyl sites for hydroxylation is 1. The molecule has 2 aromatic heterocycles. The van der Waals surface area contributed by atoms with Crippen molar-refractivity contribution in [1.82, 2.24) is 9.97 Å². The number of aromatic nitrogens is 2. The molecule has 7 rings (SSSR count).